The van der Waals surface area contributed by atoms with Crippen LogP contribution in [0.3, 0.4) is 0 Å². The van der Waals surface area contributed by atoms with Gasteiger partial charge in [0.05, 0.1) is 21.7 Å². The van der Waals surface area contributed by atoms with Crippen LogP contribution < -0.4 is 5.73 Å². The van der Waals surface area contributed by atoms with Gasteiger partial charge in [0.1, 0.15) is 0 Å². The summed E-state index contributed by atoms with van der Waals surface area (Å²) in [5.74, 6) is 0. The maximum atomic E-state index is 6.08. The molecule has 0 bridgehead atoms. The Morgan fingerprint density at radius 2 is 2.00 bits per heavy atom. The lowest BCUT2D eigenvalue weighted by atomic mass is 10.2. The fraction of sp³-hybridized carbons (Fsp3) is 0.133. The third kappa shape index (κ3) is 2.49. The van der Waals surface area contributed by atoms with Gasteiger partial charge in [-0.2, -0.15) is 0 Å². The van der Waals surface area contributed by atoms with Gasteiger partial charge < -0.3 is 10.7 Å². The molecule has 0 atom stereocenters. The van der Waals surface area contributed by atoms with Crippen molar-refractivity contribution >= 4 is 40.1 Å². The monoisotopic (exact) mass is 303 g/mol. The number of halogens is 1. The lowest BCUT2D eigenvalue weighted by molar-refractivity contribution is 1.08. The number of rotatable bonds is 2. The number of nitrogens with zero attached hydrogens (tertiary/aromatic N) is 1. The van der Waals surface area contributed by atoms with E-state index in [1.54, 1.807) is 11.8 Å². The summed E-state index contributed by atoms with van der Waals surface area (Å²) >= 11 is 7.64. The minimum atomic E-state index is 0.574. The molecule has 20 heavy (non-hydrogen) atoms. The van der Waals surface area contributed by atoms with Gasteiger partial charge in [0.15, 0.2) is 5.16 Å². The van der Waals surface area contributed by atoms with Crippen molar-refractivity contribution in [2.45, 2.75) is 23.9 Å². The van der Waals surface area contributed by atoms with E-state index in [1.165, 1.54) is 5.56 Å². The highest BCUT2D eigenvalue weighted by atomic mass is 35.5. The average Bonchev–Trinajstić information content (AvgIpc) is 2.77. The Kier molecular flexibility index (Phi) is 3.36. The Morgan fingerprint density at radius 3 is 2.80 bits per heavy atom. The van der Waals surface area contributed by atoms with E-state index in [2.05, 4.69) is 29.0 Å². The summed E-state index contributed by atoms with van der Waals surface area (Å²) < 4.78 is 0. The van der Waals surface area contributed by atoms with Gasteiger partial charge in [0.25, 0.3) is 0 Å². The topological polar surface area (TPSA) is 54.7 Å². The molecule has 1 aromatic heterocycles. The zero-order valence-corrected chi connectivity index (χ0v) is 12.8. The number of H-pyrrole nitrogens is 1. The van der Waals surface area contributed by atoms with Crippen LogP contribution in [0.4, 0.5) is 5.69 Å². The van der Waals surface area contributed by atoms with E-state index in [-0.39, 0.29) is 0 Å². The summed E-state index contributed by atoms with van der Waals surface area (Å²) in [4.78, 5) is 8.95. The predicted molar refractivity (Wildman–Crippen MR) is 85.6 cm³/mol. The molecular weight excluding hydrogens is 290 g/mol. The van der Waals surface area contributed by atoms with Gasteiger partial charge in [-0.1, -0.05) is 29.4 Å². The van der Waals surface area contributed by atoms with Crippen LogP contribution in [0.15, 0.2) is 40.4 Å². The van der Waals surface area contributed by atoms with Crippen LogP contribution in [0.1, 0.15) is 11.1 Å². The fourth-order valence-corrected chi connectivity index (χ4v) is 3.19. The molecule has 0 aliphatic rings. The van der Waals surface area contributed by atoms with Crippen LogP contribution in [-0.4, -0.2) is 9.97 Å². The predicted octanol–water partition coefficient (Wildman–Crippen LogP) is 4.57. The van der Waals surface area contributed by atoms with Crippen molar-refractivity contribution in [2.75, 3.05) is 5.73 Å². The van der Waals surface area contributed by atoms with Crippen molar-refractivity contribution in [1.29, 1.82) is 0 Å². The molecule has 0 aliphatic carbocycles. The van der Waals surface area contributed by atoms with Crippen LogP contribution in [0.5, 0.6) is 0 Å². The number of nitrogen functional groups attached to an aromatic ring is 1. The summed E-state index contributed by atoms with van der Waals surface area (Å²) in [7, 11) is 0. The molecule has 0 saturated heterocycles. The van der Waals surface area contributed by atoms with Crippen LogP contribution in [0, 0.1) is 13.8 Å². The minimum absolute atomic E-state index is 0.574. The van der Waals surface area contributed by atoms with E-state index in [0.717, 1.165) is 26.6 Å². The highest BCUT2D eigenvalue weighted by Gasteiger charge is 2.09. The Labute approximate surface area is 126 Å². The number of aromatic nitrogens is 2. The number of hydrogen-bond donors (Lipinski definition) is 2. The Hall–Kier alpha value is -1.65. The van der Waals surface area contributed by atoms with Crippen molar-refractivity contribution in [3.05, 3.63) is 46.5 Å². The first kappa shape index (κ1) is 13.3. The lowest BCUT2D eigenvalue weighted by Gasteiger charge is -2.06. The number of aromatic amines is 1. The summed E-state index contributed by atoms with van der Waals surface area (Å²) in [5, 5.41) is 1.43. The van der Waals surface area contributed by atoms with Crippen molar-refractivity contribution < 1.29 is 0 Å². The number of fused-ring (bicyclic) bond motifs is 1. The van der Waals surface area contributed by atoms with Crippen molar-refractivity contribution in [3.8, 4) is 0 Å². The summed E-state index contributed by atoms with van der Waals surface area (Å²) in [5.41, 5.74) is 10.7. The molecule has 0 spiro atoms. The van der Waals surface area contributed by atoms with E-state index in [9.17, 15) is 0 Å². The number of anilines is 1. The highest BCUT2D eigenvalue weighted by molar-refractivity contribution is 7.99. The third-order valence-electron chi connectivity index (χ3n) is 3.12. The molecule has 0 saturated carbocycles. The molecule has 0 fully saturated rings. The molecule has 3 rings (SSSR count). The van der Waals surface area contributed by atoms with Gasteiger partial charge in [-0.3, -0.25) is 0 Å². The molecule has 3 N–H and O–H groups in total. The maximum absolute atomic E-state index is 6.08. The Balaban J connectivity index is 1.99. The van der Waals surface area contributed by atoms with Gasteiger partial charge in [0.2, 0.25) is 0 Å². The van der Waals surface area contributed by atoms with Crippen LogP contribution >= 0.6 is 23.4 Å². The second kappa shape index (κ2) is 5.04. The normalized spacial score (nSPS) is 11.2. The van der Waals surface area contributed by atoms with E-state index in [0.29, 0.717) is 10.7 Å². The first-order valence-electron chi connectivity index (χ1n) is 6.23. The molecule has 3 nitrogen and oxygen atoms in total. The average molecular weight is 304 g/mol. The zero-order chi connectivity index (χ0) is 14.3. The fourth-order valence-electron chi connectivity index (χ4n) is 2.05. The summed E-state index contributed by atoms with van der Waals surface area (Å²) in [6.45, 7) is 4.08. The SMILES string of the molecule is Cc1ccc2nc(Sc3cc(Cl)c(N)cc3C)[nH]c2c1. The molecule has 5 heteroatoms. The number of nitrogens with one attached hydrogen (secondary N) is 1. The second-order valence-electron chi connectivity index (χ2n) is 4.80. The number of imidazole rings is 1. The maximum Gasteiger partial charge on any atom is 0.171 e. The zero-order valence-electron chi connectivity index (χ0n) is 11.2. The van der Waals surface area contributed by atoms with Gasteiger partial charge >= 0.3 is 0 Å². The molecule has 102 valence electrons. The molecule has 0 unspecified atom stereocenters. The second-order valence-corrected chi connectivity index (χ2v) is 6.24. The molecule has 0 radical (unpaired) electrons. The minimum Gasteiger partial charge on any atom is -0.398 e. The largest absolute Gasteiger partial charge is 0.398 e. The van der Waals surface area contributed by atoms with Crippen molar-refractivity contribution in [3.63, 3.8) is 0 Å². The standard InChI is InChI=1S/C15H14ClN3S/c1-8-3-4-12-13(5-8)19-15(18-12)20-14-7-10(16)11(17)6-9(14)2/h3-7H,17H2,1-2H3,(H,18,19). The molecule has 3 aromatic rings. The Bertz CT molecular complexity index is 795. The summed E-state index contributed by atoms with van der Waals surface area (Å²) in [6, 6.07) is 9.94. The molecule has 1 heterocycles. The smallest absolute Gasteiger partial charge is 0.171 e. The van der Waals surface area contributed by atoms with Crippen molar-refractivity contribution in [2.24, 2.45) is 0 Å². The molecular formula is C15H14ClN3S. The molecule has 0 aliphatic heterocycles. The Morgan fingerprint density at radius 1 is 1.20 bits per heavy atom. The van der Waals surface area contributed by atoms with E-state index in [4.69, 9.17) is 17.3 Å². The van der Waals surface area contributed by atoms with E-state index < -0.39 is 0 Å². The van der Waals surface area contributed by atoms with Gasteiger partial charge in [-0.15, -0.1) is 0 Å². The van der Waals surface area contributed by atoms with Crippen LogP contribution in [0.25, 0.3) is 11.0 Å². The molecule has 2 aromatic carbocycles. The van der Waals surface area contributed by atoms with Gasteiger partial charge in [-0.05, 0) is 49.2 Å². The van der Waals surface area contributed by atoms with Gasteiger partial charge in [0, 0.05) is 4.90 Å². The molecule has 0 amide bonds. The number of hydrogen-bond acceptors (Lipinski definition) is 3. The lowest BCUT2D eigenvalue weighted by Crippen LogP contribution is -1.89. The number of aryl methyl sites for hydroxylation is 2. The first-order valence-corrected chi connectivity index (χ1v) is 7.42. The quantitative estimate of drug-likeness (QED) is 0.682. The number of nitrogens with two attached hydrogens (primary N) is 1. The van der Waals surface area contributed by atoms with Crippen molar-refractivity contribution in [1.82, 2.24) is 9.97 Å². The van der Waals surface area contributed by atoms with Crippen LogP contribution in [-0.2, 0) is 0 Å². The number of benzene rings is 2. The highest BCUT2D eigenvalue weighted by Crippen LogP contribution is 2.34. The summed E-state index contributed by atoms with van der Waals surface area (Å²) in [6.07, 6.45) is 0. The third-order valence-corrected chi connectivity index (χ3v) is 4.49. The van der Waals surface area contributed by atoms with Gasteiger partial charge in [-0.25, -0.2) is 4.98 Å². The van der Waals surface area contributed by atoms with Crippen LogP contribution in [0.2, 0.25) is 5.02 Å². The first-order chi connectivity index (χ1) is 9.52. The van der Waals surface area contributed by atoms with E-state index in [1.807, 2.05) is 25.1 Å². The van der Waals surface area contributed by atoms with E-state index >= 15 is 0 Å².